The van der Waals surface area contributed by atoms with E-state index in [1.807, 2.05) is 36.5 Å². The number of nitrogens with zero attached hydrogens (tertiary/aromatic N) is 4. The third-order valence-corrected chi connectivity index (χ3v) is 5.80. The van der Waals surface area contributed by atoms with E-state index in [1.165, 1.54) is 0 Å². The number of nitrogens with one attached hydrogen (secondary N) is 2. The molecule has 1 amide bonds. The number of hydrogen-bond acceptors (Lipinski definition) is 6. The zero-order chi connectivity index (χ0) is 20.3. The lowest BCUT2D eigenvalue weighted by molar-refractivity contribution is -0.117. The Hall–Kier alpha value is -3.00. The van der Waals surface area contributed by atoms with Gasteiger partial charge in [0.25, 0.3) is 0 Å². The van der Waals surface area contributed by atoms with Crippen molar-refractivity contribution in [1.29, 1.82) is 0 Å². The van der Waals surface area contributed by atoms with E-state index in [1.54, 1.807) is 4.52 Å². The zero-order valence-electron chi connectivity index (χ0n) is 16.9. The number of fused-ring (bicyclic) bond motifs is 1. The van der Waals surface area contributed by atoms with Crippen LogP contribution in [0.3, 0.4) is 0 Å². The van der Waals surface area contributed by atoms with E-state index in [0.717, 1.165) is 74.9 Å². The lowest BCUT2D eigenvalue weighted by Crippen LogP contribution is -2.18. The van der Waals surface area contributed by atoms with Crippen LogP contribution < -0.4 is 10.6 Å². The van der Waals surface area contributed by atoms with Crippen molar-refractivity contribution in [1.82, 2.24) is 19.6 Å². The Morgan fingerprint density at radius 3 is 2.77 bits per heavy atom. The fourth-order valence-electron chi connectivity index (χ4n) is 3.82. The smallest absolute Gasteiger partial charge is 0.249 e. The van der Waals surface area contributed by atoms with Crippen molar-refractivity contribution < 1.29 is 9.53 Å². The van der Waals surface area contributed by atoms with Gasteiger partial charge in [-0.3, -0.25) is 10.1 Å². The standard InChI is InChI=1S/C22H26N6O2/c29-21(16-4-5-16)26-22-25-20-3-1-2-18(28(20)27-22)17-6-7-19(24-14-17)23-11-8-15-9-12-30-13-10-15/h1-3,6-7,14-16H,4-5,8-13H2,(H,23,24)(H,26,27,29). The molecule has 0 bridgehead atoms. The third kappa shape index (κ3) is 4.28. The lowest BCUT2D eigenvalue weighted by atomic mass is 9.97. The Morgan fingerprint density at radius 1 is 1.13 bits per heavy atom. The summed E-state index contributed by atoms with van der Waals surface area (Å²) in [5, 5.41) is 10.7. The predicted octanol–water partition coefficient (Wildman–Crippen LogP) is 3.37. The first kappa shape index (κ1) is 19.0. The average molecular weight is 406 g/mol. The summed E-state index contributed by atoms with van der Waals surface area (Å²) in [6.07, 6.45) is 7.19. The van der Waals surface area contributed by atoms with Crippen molar-refractivity contribution in [2.24, 2.45) is 11.8 Å². The molecular weight excluding hydrogens is 380 g/mol. The van der Waals surface area contributed by atoms with Crippen LogP contribution in [0.15, 0.2) is 36.5 Å². The lowest BCUT2D eigenvalue weighted by Gasteiger charge is -2.21. The largest absolute Gasteiger partial charge is 0.381 e. The number of aromatic nitrogens is 4. The molecule has 1 saturated carbocycles. The topological polar surface area (TPSA) is 93.4 Å². The highest BCUT2D eigenvalue weighted by molar-refractivity contribution is 5.92. The fraction of sp³-hybridized carbons (Fsp3) is 0.455. The van der Waals surface area contributed by atoms with Gasteiger partial charge in [0.1, 0.15) is 5.82 Å². The molecule has 2 N–H and O–H groups in total. The summed E-state index contributed by atoms with van der Waals surface area (Å²) in [6, 6.07) is 9.81. The van der Waals surface area contributed by atoms with Crippen LogP contribution in [0.2, 0.25) is 0 Å². The van der Waals surface area contributed by atoms with Crippen LogP contribution in [-0.2, 0) is 9.53 Å². The van der Waals surface area contributed by atoms with Gasteiger partial charge in [0, 0.05) is 37.4 Å². The van der Waals surface area contributed by atoms with Gasteiger partial charge in [0.15, 0.2) is 5.65 Å². The van der Waals surface area contributed by atoms with Crippen LogP contribution >= 0.6 is 0 Å². The Morgan fingerprint density at radius 2 is 2.00 bits per heavy atom. The molecule has 2 aliphatic rings. The summed E-state index contributed by atoms with van der Waals surface area (Å²) >= 11 is 0. The predicted molar refractivity (Wildman–Crippen MR) is 114 cm³/mol. The van der Waals surface area contributed by atoms with Crippen molar-refractivity contribution in [3.8, 4) is 11.3 Å². The fourth-order valence-corrected chi connectivity index (χ4v) is 3.82. The van der Waals surface area contributed by atoms with Crippen LogP contribution in [0.5, 0.6) is 0 Å². The molecule has 0 spiro atoms. The zero-order valence-corrected chi connectivity index (χ0v) is 16.9. The van der Waals surface area contributed by atoms with Crippen LogP contribution in [0.4, 0.5) is 11.8 Å². The molecule has 4 heterocycles. The molecular formula is C22H26N6O2. The summed E-state index contributed by atoms with van der Waals surface area (Å²) < 4.78 is 7.17. The van der Waals surface area contributed by atoms with Crippen LogP contribution in [0.1, 0.15) is 32.1 Å². The number of carbonyl (C=O) groups is 1. The van der Waals surface area contributed by atoms with Crippen LogP contribution in [-0.4, -0.2) is 45.2 Å². The summed E-state index contributed by atoms with van der Waals surface area (Å²) in [7, 11) is 0. The van der Waals surface area contributed by atoms with Crippen molar-refractivity contribution in [2.45, 2.75) is 32.1 Å². The monoisotopic (exact) mass is 406 g/mol. The normalized spacial score (nSPS) is 17.2. The highest BCUT2D eigenvalue weighted by atomic mass is 16.5. The number of anilines is 2. The van der Waals surface area contributed by atoms with E-state index in [-0.39, 0.29) is 11.8 Å². The van der Waals surface area contributed by atoms with Gasteiger partial charge < -0.3 is 10.1 Å². The minimum Gasteiger partial charge on any atom is -0.381 e. The Labute approximate surface area is 175 Å². The number of rotatable bonds is 7. The summed E-state index contributed by atoms with van der Waals surface area (Å²) in [5.41, 5.74) is 2.52. The molecule has 8 heteroatoms. The van der Waals surface area contributed by atoms with Crippen LogP contribution in [0.25, 0.3) is 16.9 Å². The van der Waals surface area contributed by atoms with Gasteiger partial charge in [-0.25, -0.2) is 9.50 Å². The SMILES string of the molecule is O=C(Nc1nc2cccc(-c3ccc(NCCC4CCOCC4)nc3)n2n1)C1CC1. The molecule has 3 aromatic heterocycles. The maximum absolute atomic E-state index is 12.0. The van der Waals surface area contributed by atoms with E-state index in [4.69, 9.17) is 4.74 Å². The van der Waals surface area contributed by atoms with E-state index < -0.39 is 0 Å². The molecule has 0 radical (unpaired) electrons. The first-order valence-electron chi connectivity index (χ1n) is 10.7. The highest BCUT2D eigenvalue weighted by Crippen LogP contribution is 2.30. The van der Waals surface area contributed by atoms with Gasteiger partial charge in [0.05, 0.1) is 5.69 Å². The molecule has 1 saturated heterocycles. The average Bonchev–Trinajstić information content (AvgIpc) is 3.55. The van der Waals surface area contributed by atoms with Gasteiger partial charge in [-0.15, -0.1) is 5.10 Å². The molecule has 1 aliphatic carbocycles. The quantitative estimate of drug-likeness (QED) is 0.625. The molecule has 30 heavy (non-hydrogen) atoms. The Kier molecular flexibility index (Phi) is 5.31. The van der Waals surface area contributed by atoms with Gasteiger partial charge >= 0.3 is 0 Å². The minimum atomic E-state index is 0.00491. The van der Waals surface area contributed by atoms with Crippen molar-refractivity contribution in [3.63, 3.8) is 0 Å². The first-order chi connectivity index (χ1) is 14.8. The first-order valence-corrected chi connectivity index (χ1v) is 10.7. The molecule has 0 unspecified atom stereocenters. The van der Waals surface area contributed by atoms with Crippen molar-refractivity contribution in [3.05, 3.63) is 36.5 Å². The van der Waals surface area contributed by atoms with Gasteiger partial charge in [-0.2, -0.15) is 4.98 Å². The molecule has 2 fully saturated rings. The third-order valence-electron chi connectivity index (χ3n) is 5.80. The molecule has 0 aromatic carbocycles. The van der Waals surface area contributed by atoms with Gasteiger partial charge in [0.2, 0.25) is 11.9 Å². The molecule has 3 aromatic rings. The minimum absolute atomic E-state index is 0.00491. The molecule has 8 nitrogen and oxygen atoms in total. The second-order valence-corrected chi connectivity index (χ2v) is 8.08. The molecule has 156 valence electrons. The summed E-state index contributed by atoms with van der Waals surface area (Å²) in [5.74, 6) is 2.08. The Balaban J connectivity index is 1.26. The van der Waals surface area contributed by atoms with E-state index in [0.29, 0.717) is 11.6 Å². The van der Waals surface area contributed by atoms with Crippen molar-refractivity contribution in [2.75, 3.05) is 30.4 Å². The van der Waals surface area contributed by atoms with E-state index in [2.05, 4.69) is 25.7 Å². The highest BCUT2D eigenvalue weighted by Gasteiger charge is 2.30. The number of carbonyl (C=O) groups excluding carboxylic acids is 1. The molecule has 5 rings (SSSR count). The van der Waals surface area contributed by atoms with E-state index >= 15 is 0 Å². The van der Waals surface area contributed by atoms with Gasteiger partial charge in [-0.05, 0) is 62.3 Å². The maximum Gasteiger partial charge on any atom is 0.249 e. The van der Waals surface area contributed by atoms with Gasteiger partial charge in [-0.1, -0.05) is 6.07 Å². The summed E-state index contributed by atoms with van der Waals surface area (Å²) in [6.45, 7) is 2.69. The molecule has 1 aliphatic heterocycles. The number of pyridine rings is 2. The van der Waals surface area contributed by atoms with Crippen molar-refractivity contribution >= 4 is 23.3 Å². The summed E-state index contributed by atoms with van der Waals surface area (Å²) in [4.78, 5) is 21.0. The van der Waals surface area contributed by atoms with Crippen LogP contribution in [0, 0.1) is 11.8 Å². The Bertz CT molecular complexity index is 1020. The second kappa shape index (κ2) is 8.39. The number of hydrogen-bond donors (Lipinski definition) is 2. The number of ether oxygens (including phenoxy) is 1. The van der Waals surface area contributed by atoms with E-state index in [9.17, 15) is 4.79 Å². The number of amides is 1. The molecule has 0 atom stereocenters. The maximum atomic E-state index is 12.0. The second-order valence-electron chi connectivity index (χ2n) is 8.08.